The van der Waals surface area contributed by atoms with E-state index in [1.807, 2.05) is 5.32 Å². The average Bonchev–Trinajstić information content (AvgIpc) is 3.29. The first-order chi connectivity index (χ1) is 18.1. The molecule has 0 bridgehead atoms. The van der Waals surface area contributed by atoms with Crippen LogP contribution in [0.1, 0.15) is 46.7 Å². The molecule has 12 heteroatoms. The SMILES string of the molecule is [2H]C([2H])([2H])NC(=O)c1nnc(NC(=O)NC2CCCCC2)cc1Nc1cccc(-c2ncn(C)n2)c1OC. The molecular formula is C23H29N9O3. The summed E-state index contributed by atoms with van der Waals surface area (Å²) in [4.78, 5) is 29.6. The van der Waals surface area contributed by atoms with E-state index < -0.39 is 18.9 Å². The van der Waals surface area contributed by atoms with E-state index in [1.54, 1.807) is 36.3 Å². The van der Waals surface area contributed by atoms with Crippen molar-refractivity contribution in [1.82, 2.24) is 35.6 Å². The van der Waals surface area contributed by atoms with Crippen LogP contribution in [0.4, 0.5) is 22.0 Å². The minimum absolute atomic E-state index is 0.0627. The fourth-order valence-electron chi connectivity index (χ4n) is 4.00. The average molecular weight is 483 g/mol. The summed E-state index contributed by atoms with van der Waals surface area (Å²) < 4.78 is 29.3. The van der Waals surface area contributed by atoms with Gasteiger partial charge in [-0.2, -0.15) is 5.10 Å². The molecule has 3 amide bonds. The van der Waals surface area contributed by atoms with Crippen LogP contribution in [-0.4, -0.2) is 57.0 Å². The number of carbonyl (C=O) groups is 2. The van der Waals surface area contributed by atoms with Crippen molar-refractivity contribution in [2.75, 3.05) is 24.7 Å². The molecule has 4 rings (SSSR count). The van der Waals surface area contributed by atoms with E-state index >= 15 is 0 Å². The zero-order valence-corrected chi connectivity index (χ0v) is 19.5. The first-order valence-electron chi connectivity index (χ1n) is 12.7. The molecule has 0 spiro atoms. The largest absolute Gasteiger partial charge is 0.494 e. The first-order valence-corrected chi connectivity index (χ1v) is 11.2. The molecule has 1 aliphatic carbocycles. The van der Waals surface area contributed by atoms with Gasteiger partial charge in [0.05, 0.1) is 24.0 Å². The van der Waals surface area contributed by atoms with Crippen LogP contribution < -0.4 is 26.0 Å². The smallest absolute Gasteiger partial charge is 0.320 e. The van der Waals surface area contributed by atoms with E-state index in [0.29, 0.717) is 22.8 Å². The molecule has 3 aromatic rings. The third kappa shape index (κ3) is 5.65. The number of anilines is 3. The van der Waals surface area contributed by atoms with Crippen molar-refractivity contribution in [3.05, 3.63) is 36.3 Å². The van der Waals surface area contributed by atoms with Gasteiger partial charge in [-0.05, 0) is 25.0 Å². The molecular weight excluding hydrogens is 450 g/mol. The quantitative estimate of drug-likeness (QED) is 0.402. The van der Waals surface area contributed by atoms with Crippen molar-refractivity contribution in [3.8, 4) is 17.1 Å². The topological polar surface area (TPSA) is 148 Å². The molecule has 184 valence electrons. The highest BCUT2D eigenvalue weighted by atomic mass is 16.5. The number of methoxy groups -OCH3 is 1. The predicted molar refractivity (Wildman–Crippen MR) is 131 cm³/mol. The molecule has 4 N–H and O–H groups in total. The van der Waals surface area contributed by atoms with E-state index in [-0.39, 0.29) is 23.2 Å². The van der Waals surface area contributed by atoms with Crippen LogP contribution in [-0.2, 0) is 7.05 Å². The van der Waals surface area contributed by atoms with Crippen LogP contribution in [0.25, 0.3) is 11.4 Å². The summed E-state index contributed by atoms with van der Waals surface area (Å²) in [6.07, 6.45) is 6.63. The molecule has 2 heterocycles. The van der Waals surface area contributed by atoms with Crippen molar-refractivity contribution in [3.63, 3.8) is 0 Å². The van der Waals surface area contributed by atoms with Gasteiger partial charge < -0.3 is 20.7 Å². The normalized spacial score (nSPS) is 15.3. The highest BCUT2D eigenvalue weighted by Gasteiger charge is 2.20. The van der Waals surface area contributed by atoms with Crippen molar-refractivity contribution in [2.45, 2.75) is 38.1 Å². The third-order valence-electron chi connectivity index (χ3n) is 5.63. The second kappa shape index (κ2) is 10.8. The Morgan fingerprint density at radius 1 is 1.17 bits per heavy atom. The van der Waals surface area contributed by atoms with Crippen molar-refractivity contribution in [1.29, 1.82) is 0 Å². The highest BCUT2D eigenvalue weighted by Crippen LogP contribution is 2.37. The number of aryl methyl sites for hydroxylation is 1. The number of nitrogens with one attached hydrogen (secondary N) is 4. The number of carbonyl (C=O) groups excluding carboxylic acids is 2. The fourth-order valence-corrected chi connectivity index (χ4v) is 4.00. The van der Waals surface area contributed by atoms with Gasteiger partial charge >= 0.3 is 6.03 Å². The van der Waals surface area contributed by atoms with Gasteiger partial charge in [-0.25, -0.2) is 9.78 Å². The third-order valence-corrected chi connectivity index (χ3v) is 5.63. The Hall–Kier alpha value is -4.22. The summed E-state index contributed by atoms with van der Waals surface area (Å²) in [5.41, 5.74) is 0.812. The number of benzene rings is 1. The maximum atomic E-state index is 12.7. The van der Waals surface area contributed by atoms with Crippen molar-refractivity contribution in [2.24, 2.45) is 7.05 Å². The van der Waals surface area contributed by atoms with Gasteiger partial charge in [-0.15, -0.1) is 10.2 Å². The molecule has 0 atom stereocenters. The Labute approximate surface area is 207 Å². The van der Waals surface area contributed by atoms with Gasteiger partial charge in [-0.1, -0.05) is 25.3 Å². The van der Waals surface area contributed by atoms with Crippen LogP contribution in [0.5, 0.6) is 5.75 Å². The monoisotopic (exact) mass is 482 g/mol. The maximum Gasteiger partial charge on any atom is 0.320 e. The van der Waals surface area contributed by atoms with Crippen molar-refractivity contribution < 1.29 is 18.4 Å². The summed E-state index contributed by atoms with van der Waals surface area (Å²) in [6, 6.07) is 6.23. The van der Waals surface area contributed by atoms with Crippen LogP contribution in [0.2, 0.25) is 0 Å². The highest BCUT2D eigenvalue weighted by molar-refractivity contribution is 5.99. The summed E-state index contributed by atoms with van der Waals surface area (Å²) in [7, 11) is 3.21. The number of hydrogen-bond acceptors (Lipinski definition) is 8. The molecule has 0 unspecified atom stereocenters. The number of amides is 3. The Balaban J connectivity index is 1.65. The lowest BCUT2D eigenvalue weighted by Crippen LogP contribution is -2.39. The van der Waals surface area contributed by atoms with Crippen molar-refractivity contribution >= 4 is 29.1 Å². The lowest BCUT2D eigenvalue weighted by Gasteiger charge is -2.22. The van der Waals surface area contributed by atoms with E-state index in [4.69, 9.17) is 8.85 Å². The molecule has 1 saturated carbocycles. The van der Waals surface area contributed by atoms with Gasteiger partial charge in [0.2, 0.25) is 0 Å². The lowest BCUT2D eigenvalue weighted by atomic mass is 9.96. The Morgan fingerprint density at radius 2 is 2.00 bits per heavy atom. The van der Waals surface area contributed by atoms with Crippen LogP contribution in [0, 0.1) is 0 Å². The molecule has 1 aliphatic rings. The summed E-state index contributed by atoms with van der Waals surface area (Å²) in [5.74, 6) is -0.113. The minimum Gasteiger partial charge on any atom is -0.494 e. The Kier molecular flexibility index (Phi) is 6.23. The standard InChI is InChI=1S/C23H29N9O3/c1-24-22(33)19-17(12-18(29-30-19)28-23(34)26-14-8-5-4-6-9-14)27-16-11-7-10-15(20(16)35-3)21-25-13-32(2)31-21/h7,10-14H,4-6,8-9H2,1-3H3,(H,24,33)(H3,26,27,28,29,34)/i1D3. The fraction of sp³-hybridized carbons (Fsp3) is 0.391. The number of hydrogen-bond donors (Lipinski definition) is 4. The molecule has 2 aromatic heterocycles. The molecule has 1 aromatic carbocycles. The van der Waals surface area contributed by atoms with Gasteiger partial charge in [0.25, 0.3) is 5.91 Å². The number of nitrogens with zero attached hydrogens (tertiary/aromatic N) is 5. The number of rotatable bonds is 7. The van der Waals surface area contributed by atoms with E-state index in [2.05, 4.69) is 36.2 Å². The second-order valence-electron chi connectivity index (χ2n) is 8.13. The Morgan fingerprint density at radius 3 is 2.71 bits per heavy atom. The molecule has 1 fully saturated rings. The Bertz CT molecular complexity index is 1310. The second-order valence-corrected chi connectivity index (χ2v) is 8.13. The summed E-state index contributed by atoms with van der Waals surface area (Å²) in [6.45, 7) is -2.74. The molecule has 0 radical (unpaired) electrons. The molecule has 0 saturated heterocycles. The molecule has 35 heavy (non-hydrogen) atoms. The van der Waals surface area contributed by atoms with E-state index in [9.17, 15) is 9.59 Å². The van der Waals surface area contributed by atoms with Gasteiger partial charge in [0.15, 0.2) is 23.1 Å². The maximum absolute atomic E-state index is 12.7. The summed E-state index contributed by atoms with van der Waals surface area (Å²) >= 11 is 0. The minimum atomic E-state index is -2.74. The first kappa shape index (κ1) is 20.2. The van der Waals surface area contributed by atoms with Crippen LogP contribution >= 0.6 is 0 Å². The van der Waals surface area contributed by atoms with Gasteiger partial charge in [0.1, 0.15) is 6.33 Å². The number of ether oxygens (including phenoxy) is 1. The molecule has 0 aliphatic heterocycles. The van der Waals surface area contributed by atoms with Gasteiger partial charge in [0, 0.05) is 30.2 Å². The zero-order valence-electron chi connectivity index (χ0n) is 22.5. The number of para-hydroxylation sites is 1. The van der Waals surface area contributed by atoms with Crippen LogP contribution in [0.3, 0.4) is 0 Å². The van der Waals surface area contributed by atoms with Crippen LogP contribution in [0.15, 0.2) is 30.6 Å². The van der Waals surface area contributed by atoms with E-state index in [1.165, 1.54) is 13.2 Å². The predicted octanol–water partition coefficient (Wildman–Crippen LogP) is 2.84. The van der Waals surface area contributed by atoms with Gasteiger partial charge in [-0.3, -0.25) is 14.8 Å². The lowest BCUT2D eigenvalue weighted by molar-refractivity contribution is 0.0958. The van der Waals surface area contributed by atoms with E-state index in [0.717, 1.165) is 32.1 Å². The summed E-state index contributed by atoms with van der Waals surface area (Å²) in [5, 5.41) is 22.7. The zero-order chi connectivity index (χ0) is 27.3. The molecule has 12 nitrogen and oxygen atoms in total. The number of urea groups is 1. The number of aromatic nitrogens is 5.